The number of amides is 1. The molecule has 1 saturated heterocycles. The molecule has 1 aromatic carbocycles. The molecule has 1 atom stereocenters. The number of nitrogens with zero attached hydrogens (tertiary/aromatic N) is 1. The number of rotatable bonds is 5. The zero-order valence-electron chi connectivity index (χ0n) is 14.5. The van der Waals surface area contributed by atoms with Gasteiger partial charge < -0.3 is 15.4 Å². The van der Waals surface area contributed by atoms with Gasteiger partial charge >= 0.3 is 6.61 Å². The topological polar surface area (TPSA) is 55.6 Å². The first-order chi connectivity index (χ1) is 12.4. The molecule has 0 saturated carbocycles. The van der Waals surface area contributed by atoms with Gasteiger partial charge in [-0.1, -0.05) is 0 Å². The van der Waals surface area contributed by atoms with E-state index in [9.17, 15) is 13.6 Å². The van der Waals surface area contributed by atoms with Crippen LogP contribution in [0.5, 0.6) is 5.75 Å². The molecule has 1 fully saturated rings. The number of thiophene rings is 1. The van der Waals surface area contributed by atoms with Crippen LogP contribution in [0.15, 0.2) is 36.4 Å². The van der Waals surface area contributed by atoms with Crippen molar-refractivity contribution in [3.8, 4) is 16.2 Å². The fraction of sp³-hybridized carbons (Fsp3) is 0.421. The van der Waals surface area contributed by atoms with E-state index in [1.165, 1.54) is 23.5 Å². The van der Waals surface area contributed by atoms with Crippen LogP contribution in [0.4, 0.5) is 8.78 Å². The standard InChI is InChI=1S/C19H22F2N2O2S/c1-12(22)13-8-10-23(11-9-13)18(24)17-7-6-16(26-17)14-2-4-15(5-3-14)25-19(20)21/h2-7,12-13,19H,8-11,22H2,1H3. The van der Waals surface area contributed by atoms with Crippen LogP contribution in [0.2, 0.25) is 0 Å². The van der Waals surface area contributed by atoms with Gasteiger partial charge in [0.15, 0.2) is 0 Å². The summed E-state index contributed by atoms with van der Waals surface area (Å²) in [5, 5.41) is 0. The minimum Gasteiger partial charge on any atom is -0.435 e. The highest BCUT2D eigenvalue weighted by Gasteiger charge is 2.26. The molecule has 1 amide bonds. The van der Waals surface area contributed by atoms with E-state index in [-0.39, 0.29) is 17.7 Å². The van der Waals surface area contributed by atoms with Gasteiger partial charge in [-0.2, -0.15) is 8.78 Å². The summed E-state index contributed by atoms with van der Waals surface area (Å²) in [6, 6.07) is 10.3. The molecule has 0 spiro atoms. The average Bonchev–Trinajstić information content (AvgIpc) is 3.11. The van der Waals surface area contributed by atoms with Crippen molar-refractivity contribution in [2.75, 3.05) is 13.1 Å². The number of hydrogen-bond donors (Lipinski definition) is 1. The fourth-order valence-electron chi connectivity index (χ4n) is 3.19. The van der Waals surface area contributed by atoms with Crippen molar-refractivity contribution in [3.05, 3.63) is 41.3 Å². The van der Waals surface area contributed by atoms with Crippen LogP contribution in [0, 0.1) is 5.92 Å². The third-order valence-electron chi connectivity index (χ3n) is 4.75. The highest BCUT2D eigenvalue weighted by molar-refractivity contribution is 7.17. The fourth-order valence-corrected chi connectivity index (χ4v) is 4.17. The lowest BCUT2D eigenvalue weighted by atomic mass is 9.91. The molecule has 140 valence electrons. The molecule has 1 unspecified atom stereocenters. The minimum atomic E-state index is -2.83. The van der Waals surface area contributed by atoms with Crippen molar-refractivity contribution in [2.45, 2.75) is 32.4 Å². The number of likely N-dealkylation sites (tertiary alicyclic amines) is 1. The summed E-state index contributed by atoms with van der Waals surface area (Å²) in [4.78, 5) is 16.2. The molecule has 26 heavy (non-hydrogen) atoms. The van der Waals surface area contributed by atoms with E-state index >= 15 is 0 Å². The Balaban J connectivity index is 1.65. The maximum atomic E-state index is 12.7. The summed E-state index contributed by atoms with van der Waals surface area (Å²) in [5.74, 6) is 0.641. The second-order valence-corrected chi connectivity index (χ2v) is 7.64. The Morgan fingerprint density at radius 1 is 1.19 bits per heavy atom. The van der Waals surface area contributed by atoms with Gasteiger partial charge in [-0.15, -0.1) is 11.3 Å². The number of halogens is 2. The SMILES string of the molecule is CC(N)C1CCN(C(=O)c2ccc(-c3ccc(OC(F)F)cc3)s2)CC1. The van der Waals surface area contributed by atoms with E-state index in [0.29, 0.717) is 10.8 Å². The first kappa shape index (κ1) is 18.8. The highest BCUT2D eigenvalue weighted by atomic mass is 32.1. The van der Waals surface area contributed by atoms with E-state index in [1.807, 2.05) is 24.0 Å². The van der Waals surface area contributed by atoms with Gasteiger partial charge in [0, 0.05) is 24.0 Å². The summed E-state index contributed by atoms with van der Waals surface area (Å²) >= 11 is 1.41. The summed E-state index contributed by atoms with van der Waals surface area (Å²) in [6.45, 7) is 0.652. The predicted molar refractivity (Wildman–Crippen MR) is 98.7 cm³/mol. The lowest BCUT2D eigenvalue weighted by Crippen LogP contribution is -2.42. The van der Waals surface area contributed by atoms with Crippen LogP contribution in [-0.2, 0) is 0 Å². The molecule has 1 aliphatic heterocycles. The van der Waals surface area contributed by atoms with Gasteiger partial charge in [-0.05, 0) is 67.6 Å². The highest BCUT2D eigenvalue weighted by Crippen LogP contribution is 2.31. The molecule has 1 aromatic heterocycles. The zero-order valence-corrected chi connectivity index (χ0v) is 15.3. The van der Waals surface area contributed by atoms with Crippen LogP contribution < -0.4 is 10.5 Å². The Labute approximate surface area is 155 Å². The molecule has 7 heteroatoms. The summed E-state index contributed by atoms with van der Waals surface area (Å²) in [6.07, 6.45) is 1.88. The molecule has 0 radical (unpaired) electrons. The number of carbonyl (C=O) groups is 1. The number of ether oxygens (including phenoxy) is 1. The van der Waals surface area contributed by atoms with Crippen molar-refractivity contribution in [3.63, 3.8) is 0 Å². The van der Waals surface area contributed by atoms with Gasteiger partial charge in [0.2, 0.25) is 0 Å². The van der Waals surface area contributed by atoms with Crippen molar-refractivity contribution >= 4 is 17.2 Å². The maximum Gasteiger partial charge on any atom is 0.387 e. The van der Waals surface area contributed by atoms with E-state index in [4.69, 9.17) is 5.73 Å². The number of hydrogen-bond acceptors (Lipinski definition) is 4. The molecular formula is C19H22F2N2O2S. The smallest absolute Gasteiger partial charge is 0.387 e. The third-order valence-corrected chi connectivity index (χ3v) is 5.87. The largest absolute Gasteiger partial charge is 0.435 e. The predicted octanol–water partition coefficient (Wildman–Crippen LogP) is 4.22. The van der Waals surface area contributed by atoms with Crippen molar-refractivity contribution in [1.29, 1.82) is 0 Å². The number of carbonyl (C=O) groups excluding carboxylic acids is 1. The van der Waals surface area contributed by atoms with Crippen LogP contribution in [0.3, 0.4) is 0 Å². The van der Waals surface area contributed by atoms with Gasteiger partial charge in [0.1, 0.15) is 5.75 Å². The number of alkyl halides is 2. The molecule has 3 rings (SSSR count). The molecule has 2 aromatic rings. The van der Waals surface area contributed by atoms with Crippen molar-refractivity contribution < 1.29 is 18.3 Å². The third kappa shape index (κ3) is 4.40. The van der Waals surface area contributed by atoms with E-state index < -0.39 is 6.61 Å². The Morgan fingerprint density at radius 2 is 1.85 bits per heavy atom. The second-order valence-electron chi connectivity index (χ2n) is 6.56. The normalized spacial score (nSPS) is 16.7. The van der Waals surface area contributed by atoms with Gasteiger partial charge in [-0.25, -0.2) is 0 Å². The molecule has 4 nitrogen and oxygen atoms in total. The second kappa shape index (κ2) is 8.14. The van der Waals surface area contributed by atoms with E-state index in [0.717, 1.165) is 36.4 Å². The molecule has 0 bridgehead atoms. The van der Waals surface area contributed by atoms with Crippen LogP contribution >= 0.6 is 11.3 Å². The lowest BCUT2D eigenvalue weighted by molar-refractivity contribution is -0.0498. The van der Waals surface area contributed by atoms with Gasteiger partial charge in [0.25, 0.3) is 5.91 Å². The minimum absolute atomic E-state index is 0.0435. The quantitative estimate of drug-likeness (QED) is 0.845. The Kier molecular flexibility index (Phi) is 5.88. The van der Waals surface area contributed by atoms with Gasteiger partial charge in [-0.3, -0.25) is 4.79 Å². The van der Waals surface area contributed by atoms with Crippen molar-refractivity contribution in [2.24, 2.45) is 11.7 Å². The monoisotopic (exact) mass is 380 g/mol. The Hall–Kier alpha value is -1.99. The molecule has 0 aliphatic carbocycles. The van der Waals surface area contributed by atoms with Crippen LogP contribution in [0.1, 0.15) is 29.4 Å². The molecule has 2 heterocycles. The van der Waals surface area contributed by atoms with Crippen LogP contribution in [-0.4, -0.2) is 36.5 Å². The van der Waals surface area contributed by atoms with E-state index in [2.05, 4.69) is 4.74 Å². The lowest BCUT2D eigenvalue weighted by Gasteiger charge is -2.33. The summed E-state index contributed by atoms with van der Waals surface area (Å²) in [7, 11) is 0. The molecular weight excluding hydrogens is 358 g/mol. The number of nitrogens with two attached hydrogens (primary N) is 1. The Bertz CT molecular complexity index is 738. The van der Waals surface area contributed by atoms with E-state index in [1.54, 1.807) is 12.1 Å². The Morgan fingerprint density at radius 3 is 2.42 bits per heavy atom. The first-order valence-electron chi connectivity index (χ1n) is 8.64. The summed E-state index contributed by atoms with van der Waals surface area (Å²) in [5.41, 5.74) is 6.82. The number of piperidine rings is 1. The molecule has 1 aliphatic rings. The molecule has 2 N–H and O–H groups in total. The maximum absolute atomic E-state index is 12.7. The summed E-state index contributed by atoms with van der Waals surface area (Å²) < 4.78 is 28.8. The first-order valence-corrected chi connectivity index (χ1v) is 9.45. The average molecular weight is 380 g/mol. The van der Waals surface area contributed by atoms with Crippen LogP contribution in [0.25, 0.3) is 10.4 Å². The van der Waals surface area contributed by atoms with Crippen molar-refractivity contribution in [1.82, 2.24) is 4.90 Å². The number of benzene rings is 1. The zero-order chi connectivity index (χ0) is 18.7. The van der Waals surface area contributed by atoms with Gasteiger partial charge in [0.05, 0.1) is 4.88 Å².